The number of likely N-dealkylation sites (tertiary alicyclic amines) is 1. The Morgan fingerprint density at radius 2 is 1.84 bits per heavy atom. The fourth-order valence-corrected chi connectivity index (χ4v) is 6.64. The van der Waals surface area contributed by atoms with Crippen molar-refractivity contribution in [3.63, 3.8) is 0 Å². The fourth-order valence-electron chi connectivity index (χ4n) is 6.64. The van der Waals surface area contributed by atoms with Gasteiger partial charge in [0.1, 0.15) is 18.0 Å². The number of imidazole rings is 1. The maximum atomic E-state index is 12.9. The van der Waals surface area contributed by atoms with E-state index >= 15 is 0 Å². The molecule has 2 aromatic carbocycles. The number of ether oxygens (including phenoxy) is 4. The van der Waals surface area contributed by atoms with E-state index in [1.54, 1.807) is 7.11 Å². The lowest BCUT2D eigenvalue weighted by molar-refractivity contribution is -0.0592. The summed E-state index contributed by atoms with van der Waals surface area (Å²) in [5.41, 5.74) is 5.03. The minimum Gasteiger partial charge on any atom is -0.473 e. The predicted octanol–water partition coefficient (Wildman–Crippen LogP) is 6.13. The quantitative estimate of drug-likeness (QED) is 0.145. The molecule has 3 aromatic heterocycles. The standard InChI is InChI=1S/C38H46N6O5/c1-38(2,3)49-37(45)28-10-11-32-34(21-28)43(23-30-14-18-47-30)35(40-32)24-42-15-12-27(13-16-42)31-6-5-7-36(41-31)48-25-26-8-9-29-22-39-44(17-19-46-4)33(29)20-26/h5-11,20-22,27,30H,12-19,23-25H2,1-4H3/t30-/m0/s1. The van der Waals surface area contributed by atoms with Crippen LogP contribution in [0.1, 0.15) is 73.4 Å². The van der Waals surface area contributed by atoms with Crippen LogP contribution in [0.2, 0.25) is 0 Å². The summed E-state index contributed by atoms with van der Waals surface area (Å²) in [6.07, 6.45) is 5.10. The van der Waals surface area contributed by atoms with Gasteiger partial charge in [-0.25, -0.2) is 14.8 Å². The molecule has 258 valence electrons. The van der Waals surface area contributed by atoms with Gasteiger partial charge in [-0.2, -0.15) is 5.10 Å². The van der Waals surface area contributed by atoms with Gasteiger partial charge < -0.3 is 23.5 Å². The van der Waals surface area contributed by atoms with Crippen LogP contribution < -0.4 is 4.74 Å². The summed E-state index contributed by atoms with van der Waals surface area (Å²) in [6, 6.07) is 18.1. The van der Waals surface area contributed by atoms with Crippen LogP contribution in [0, 0.1) is 0 Å². The number of aromatic nitrogens is 5. The summed E-state index contributed by atoms with van der Waals surface area (Å²) in [4.78, 5) is 25.3. The first kappa shape index (κ1) is 33.2. The monoisotopic (exact) mass is 666 g/mol. The normalized spacial score (nSPS) is 17.4. The number of methoxy groups -OCH3 is 1. The van der Waals surface area contributed by atoms with Gasteiger partial charge in [-0.05, 0) is 89.0 Å². The molecule has 0 bridgehead atoms. The van der Waals surface area contributed by atoms with Crippen LogP contribution in [0.5, 0.6) is 5.88 Å². The third kappa shape index (κ3) is 7.79. The number of pyridine rings is 1. The third-order valence-corrected chi connectivity index (χ3v) is 9.36. The van der Waals surface area contributed by atoms with Crippen molar-refractivity contribution in [2.45, 2.75) is 83.9 Å². The van der Waals surface area contributed by atoms with E-state index in [2.05, 4.69) is 38.8 Å². The second kappa shape index (κ2) is 14.3. The van der Waals surface area contributed by atoms with E-state index in [1.807, 2.05) is 62.0 Å². The predicted molar refractivity (Wildman–Crippen MR) is 187 cm³/mol. The van der Waals surface area contributed by atoms with E-state index in [-0.39, 0.29) is 12.1 Å². The summed E-state index contributed by atoms with van der Waals surface area (Å²) in [7, 11) is 1.70. The summed E-state index contributed by atoms with van der Waals surface area (Å²) in [5, 5.41) is 5.59. The van der Waals surface area contributed by atoms with E-state index < -0.39 is 5.60 Å². The number of hydrogen-bond acceptors (Lipinski definition) is 9. The summed E-state index contributed by atoms with van der Waals surface area (Å²) in [6.45, 7) is 11.6. The fraction of sp³-hybridized carbons (Fsp3) is 0.474. The maximum absolute atomic E-state index is 12.9. The van der Waals surface area contributed by atoms with Crippen molar-refractivity contribution in [3.8, 4) is 5.88 Å². The van der Waals surface area contributed by atoms with Gasteiger partial charge in [0.05, 0.1) is 60.7 Å². The lowest BCUT2D eigenvalue weighted by Crippen LogP contribution is -2.35. The Kier molecular flexibility index (Phi) is 9.66. The molecule has 0 saturated carbocycles. The molecule has 11 nitrogen and oxygen atoms in total. The number of nitrogens with zero attached hydrogens (tertiary/aromatic N) is 6. The highest BCUT2D eigenvalue weighted by Crippen LogP contribution is 2.30. The zero-order valence-corrected chi connectivity index (χ0v) is 28.9. The highest BCUT2D eigenvalue weighted by Gasteiger charge is 2.27. The van der Waals surface area contributed by atoms with Crippen LogP contribution in [0.4, 0.5) is 0 Å². The number of fused-ring (bicyclic) bond motifs is 2. The number of carbonyl (C=O) groups is 1. The molecule has 5 aromatic rings. The molecule has 49 heavy (non-hydrogen) atoms. The first-order valence-electron chi connectivity index (χ1n) is 17.3. The molecule has 7 rings (SSSR count). The number of carbonyl (C=O) groups excluding carboxylic acids is 1. The second-order valence-corrected chi connectivity index (χ2v) is 14.1. The molecule has 11 heteroatoms. The average Bonchev–Trinajstić information content (AvgIpc) is 3.63. The van der Waals surface area contributed by atoms with Gasteiger partial charge in [-0.15, -0.1) is 0 Å². The van der Waals surface area contributed by atoms with E-state index in [0.717, 1.165) is 91.1 Å². The molecular weight excluding hydrogens is 620 g/mol. The molecule has 0 spiro atoms. The molecule has 2 aliphatic heterocycles. The van der Waals surface area contributed by atoms with Crippen LogP contribution in [0.15, 0.2) is 60.8 Å². The van der Waals surface area contributed by atoms with E-state index in [1.165, 1.54) is 0 Å². The molecule has 0 N–H and O–H groups in total. The molecular formula is C38H46N6O5. The van der Waals surface area contributed by atoms with Crippen molar-refractivity contribution in [1.29, 1.82) is 0 Å². The maximum Gasteiger partial charge on any atom is 0.338 e. The van der Waals surface area contributed by atoms with E-state index in [0.29, 0.717) is 37.1 Å². The van der Waals surface area contributed by atoms with Gasteiger partial charge in [0.25, 0.3) is 0 Å². The number of benzene rings is 2. The zero-order valence-electron chi connectivity index (χ0n) is 28.9. The minimum absolute atomic E-state index is 0.167. The number of esters is 1. The summed E-state index contributed by atoms with van der Waals surface area (Å²) >= 11 is 0. The largest absolute Gasteiger partial charge is 0.473 e. The van der Waals surface area contributed by atoms with Gasteiger partial charge in [0.2, 0.25) is 5.88 Å². The molecule has 0 unspecified atom stereocenters. The Balaban J connectivity index is 0.990. The van der Waals surface area contributed by atoms with Crippen LogP contribution in [0.25, 0.3) is 21.9 Å². The number of rotatable bonds is 12. The third-order valence-electron chi connectivity index (χ3n) is 9.36. The lowest BCUT2D eigenvalue weighted by Gasteiger charge is -2.32. The minimum atomic E-state index is -0.557. The van der Waals surface area contributed by atoms with E-state index in [4.69, 9.17) is 28.9 Å². The van der Waals surface area contributed by atoms with Gasteiger partial charge in [0.15, 0.2) is 0 Å². The Bertz CT molecular complexity index is 1920. The molecule has 2 saturated heterocycles. The molecule has 2 aliphatic rings. The molecule has 2 fully saturated rings. The van der Waals surface area contributed by atoms with Gasteiger partial charge in [-0.3, -0.25) is 9.58 Å². The van der Waals surface area contributed by atoms with Crippen molar-refractivity contribution in [2.24, 2.45) is 0 Å². The molecule has 5 heterocycles. The van der Waals surface area contributed by atoms with Gasteiger partial charge in [0, 0.05) is 36.8 Å². The topological polar surface area (TPSA) is 106 Å². The van der Waals surface area contributed by atoms with Crippen LogP contribution in [0.3, 0.4) is 0 Å². The van der Waals surface area contributed by atoms with Crippen LogP contribution >= 0.6 is 0 Å². The molecule has 1 atom stereocenters. The van der Waals surface area contributed by atoms with Crippen molar-refractivity contribution < 1.29 is 23.7 Å². The van der Waals surface area contributed by atoms with Crippen LogP contribution in [-0.4, -0.2) is 80.3 Å². The van der Waals surface area contributed by atoms with Crippen LogP contribution in [-0.2, 0) is 40.5 Å². The first-order chi connectivity index (χ1) is 23.7. The smallest absolute Gasteiger partial charge is 0.338 e. The van der Waals surface area contributed by atoms with Crippen molar-refractivity contribution in [1.82, 2.24) is 29.2 Å². The lowest BCUT2D eigenvalue weighted by atomic mass is 9.93. The molecule has 0 aliphatic carbocycles. The Hall–Kier alpha value is -4.32. The second-order valence-electron chi connectivity index (χ2n) is 14.1. The Morgan fingerprint density at radius 3 is 2.59 bits per heavy atom. The van der Waals surface area contributed by atoms with Gasteiger partial charge in [-0.1, -0.05) is 18.2 Å². The van der Waals surface area contributed by atoms with Gasteiger partial charge >= 0.3 is 5.97 Å². The Labute approximate surface area is 287 Å². The summed E-state index contributed by atoms with van der Waals surface area (Å²) in [5.74, 6) is 1.69. The van der Waals surface area contributed by atoms with Crippen molar-refractivity contribution >= 4 is 27.9 Å². The van der Waals surface area contributed by atoms with Crippen molar-refractivity contribution in [3.05, 3.63) is 83.4 Å². The number of piperidine rings is 1. The molecule has 0 amide bonds. The number of hydrogen-bond donors (Lipinski definition) is 0. The Morgan fingerprint density at radius 1 is 1.00 bits per heavy atom. The SMILES string of the molecule is COCCn1ncc2ccc(COc3cccc(C4CCN(Cc5nc6ccc(C(=O)OC(C)(C)C)cc6n5C[C@@H]5CCO5)CC4)n3)cc21. The van der Waals surface area contributed by atoms with Crippen molar-refractivity contribution in [2.75, 3.05) is 33.4 Å². The highest BCUT2D eigenvalue weighted by molar-refractivity contribution is 5.94. The average molecular weight is 667 g/mol. The van der Waals surface area contributed by atoms with E-state index in [9.17, 15) is 4.79 Å². The summed E-state index contributed by atoms with van der Waals surface area (Å²) < 4.78 is 27.1. The first-order valence-corrected chi connectivity index (χ1v) is 17.3. The highest BCUT2D eigenvalue weighted by atomic mass is 16.6. The zero-order chi connectivity index (χ0) is 34.0. The molecule has 0 radical (unpaired) electrons.